The zero-order chi connectivity index (χ0) is 20.6. The Morgan fingerprint density at radius 2 is 0.867 bits per heavy atom. The van der Waals surface area contributed by atoms with Crippen LogP contribution in [0.5, 0.6) is 11.5 Å². The minimum Gasteiger partial charge on any atom is -0.489 e. The van der Waals surface area contributed by atoms with E-state index < -0.39 is 6.10 Å². The highest BCUT2D eigenvalue weighted by Crippen LogP contribution is 2.26. The minimum atomic E-state index is -0.698. The molecule has 0 aliphatic carbocycles. The lowest BCUT2D eigenvalue weighted by atomic mass is 10.0. The van der Waals surface area contributed by atoms with Crippen LogP contribution in [-0.4, -0.2) is 5.11 Å². The lowest BCUT2D eigenvalue weighted by Crippen LogP contribution is -2.01. The summed E-state index contributed by atoms with van der Waals surface area (Å²) in [5.74, 6) is 1.55. The lowest BCUT2D eigenvalue weighted by molar-refractivity contribution is 0.219. The number of benzene rings is 4. The van der Waals surface area contributed by atoms with Gasteiger partial charge in [-0.2, -0.15) is 0 Å². The van der Waals surface area contributed by atoms with E-state index in [0.717, 1.165) is 33.8 Å². The van der Waals surface area contributed by atoms with Crippen LogP contribution in [0.3, 0.4) is 0 Å². The Kier molecular flexibility index (Phi) is 6.43. The largest absolute Gasteiger partial charge is 0.489 e. The standard InChI is InChI=1S/C27H24O3/c28-27(23-11-15-25(16-12-23)29-19-21-7-3-1-4-8-21)24-13-17-26(18-14-24)30-20-22-9-5-2-6-10-22/h1-18,27-28H,19-20H2. The molecule has 0 saturated carbocycles. The number of aliphatic hydroxyl groups is 1. The summed E-state index contributed by atoms with van der Waals surface area (Å²) in [6.07, 6.45) is -0.698. The first-order valence-corrected chi connectivity index (χ1v) is 9.99. The third-order valence-corrected chi connectivity index (χ3v) is 4.89. The van der Waals surface area contributed by atoms with Gasteiger partial charge in [0.25, 0.3) is 0 Å². The molecule has 0 aliphatic heterocycles. The maximum absolute atomic E-state index is 10.7. The minimum absolute atomic E-state index is 0.521. The van der Waals surface area contributed by atoms with Crippen LogP contribution in [0.25, 0.3) is 0 Å². The SMILES string of the molecule is OC(c1ccc(OCc2ccccc2)cc1)c1ccc(OCc2ccccc2)cc1. The second-order valence-corrected chi connectivity index (χ2v) is 7.09. The molecule has 0 heterocycles. The number of hydrogen-bond acceptors (Lipinski definition) is 3. The molecule has 0 fully saturated rings. The van der Waals surface area contributed by atoms with E-state index in [-0.39, 0.29) is 0 Å². The van der Waals surface area contributed by atoms with Gasteiger partial charge in [0.2, 0.25) is 0 Å². The molecular weight excluding hydrogens is 372 g/mol. The van der Waals surface area contributed by atoms with Crippen molar-refractivity contribution in [3.63, 3.8) is 0 Å². The molecule has 0 radical (unpaired) electrons. The average molecular weight is 396 g/mol. The molecule has 3 nitrogen and oxygen atoms in total. The number of hydrogen-bond donors (Lipinski definition) is 1. The monoisotopic (exact) mass is 396 g/mol. The molecule has 0 saturated heterocycles. The van der Waals surface area contributed by atoms with E-state index >= 15 is 0 Å². The summed E-state index contributed by atoms with van der Waals surface area (Å²) < 4.78 is 11.6. The van der Waals surface area contributed by atoms with E-state index in [9.17, 15) is 5.11 Å². The van der Waals surface area contributed by atoms with Crippen molar-refractivity contribution in [3.05, 3.63) is 131 Å². The van der Waals surface area contributed by atoms with Crippen molar-refractivity contribution in [3.8, 4) is 11.5 Å². The predicted octanol–water partition coefficient (Wildman–Crippen LogP) is 5.93. The molecule has 0 aliphatic rings. The van der Waals surface area contributed by atoms with Gasteiger partial charge in [0.1, 0.15) is 30.8 Å². The van der Waals surface area contributed by atoms with Gasteiger partial charge in [-0.1, -0.05) is 84.9 Å². The summed E-state index contributed by atoms with van der Waals surface area (Å²) in [6, 6.07) is 35.2. The van der Waals surface area contributed by atoms with Gasteiger partial charge in [-0.15, -0.1) is 0 Å². The third kappa shape index (κ3) is 5.28. The van der Waals surface area contributed by atoms with Crippen LogP contribution >= 0.6 is 0 Å². The maximum Gasteiger partial charge on any atom is 0.119 e. The summed E-state index contributed by atoms with van der Waals surface area (Å²) in [5, 5.41) is 10.7. The van der Waals surface area contributed by atoms with Crippen LogP contribution in [0.4, 0.5) is 0 Å². The topological polar surface area (TPSA) is 38.7 Å². The Morgan fingerprint density at radius 3 is 1.23 bits per heavy atom. The summed E-state index contributed by atoms with van der Waals surface area (Å²) in [7, 11) is 0. The van der Waals surface area contributed by atoms with Crippen molar-refractivity contribution in [2.45, 2.75) is 19.3 Å². The summed E-state index contributed by atoms with van der Waals surface area (Å²) in [4.78, 5) is 0. The quantitative estimate of drug-likeness (QED) is 0.401. The molecular formula is C27H24O3. The zero-order valence-electron chi connectivity index (χ0n) is 16.6. The fraction of sp³-hybridized carbons (Fsp3) is 0.111. The molecule has 3 heteroatoms. The van der Waals surface area contributed by atoms with E-state index in [0.29, 0.717) is 13.2 Å². The Balaban J connectivity index is 1.33. The molecule has 4 rings (SSSR count). The normalized spacial score (nSPS) is 10.7. The van der Waals surface area contributed by atoms with Crippen molar-refractivity contribution < 1.29 is 14.6 Å². The molecule has 0 aromatic heterocycles. The molecule has 4 aromatic rings. The molecule has 0 atom stereocenters. The summed E-state index contributed by atoms with van der Waals surface area (Å²) in [6.45, 7) is 1.04. The highest BCUT2D eigenvalue weighted by atomic mass is 16.5. The van der Waals surface area contributed by atoms with Gasteiger partial charge in [-0.3, -0.25) is 0 Å². The van der Waals surface area contributed by atoms with Gasteiger partial charge < -0.3 is 14.6 Å². The van der Waals surface area contributed by atoms with E-state index in [1.165, 1.54) is 0 Å². The first-order chi connectivity index (χ1) is 14.8. The number of aliphatic hydroxyl groups excluding tert-OH is 1. The van der Waals surface area contributed by atoms with Crippen LogP contribution in [0.2, 0.25) is 0 Å². The molecule has 0 bridgehead atoms. The van der Waals surface area contributed by atoms with Crippen LogP contribution in [0.15, 0.2) is 109 Å². The van der Waals surface area contributed by atoms with Crippen LogP contribution in [-0.2, 0) is 13.2 Å². The highest BCUT2D eigenvalue weighted by molar-refractivity contribution is 5.36. The molecule has 0 spiro atoms. The number of rotatable bonds is 8. The second kappa shape index (κ2) is 9.77. The Labute approximate surface area is 177 Å². The Bertz CT molecular complexity index is 940. The van der Waals surface area contributed by atoms with Crippen LogP contribution in [0.1, 0.15) is 28.4 Å². The molecule has 150 valence electrons. The van der Waals surface area contributed by atoms with Gasteiger partial charge >= 0.3 is 0 Å². The van der Waals surface area contributed by atoms with Crippen LogP contribution < -0.4 is 9.47 Å². The van der Waals surface area contributed by atoms with E-state index in [2.05, 4.69) is 0 Å². The van der Waals surface area contributed by atoms with Crippen molar-refractivity contribution in [1.29, 1.82) is 0 Å². The molecule has 0 amide bonds. The fourth-order valence-electron chi connectivity index (χ4n) is 3.17. The predicted molar refractivity (Wildman–Crippen MR) is 118 cm³/mol. The lowest BCUT2D eigenvalue weighted by Gasteiger charge is -2.14. The number of ether oxygens (including phenoxy) is 2. The van der Waals surface area contributed by atoms with Gasteiger partial charge in [0, 0.05) is 0 Å². The smallest absolute Gasteiger partial charge is 0.119 e. The van der Waals surface area contributed by atoms with Gasteiger partial charge in [0.15, 0.2) is 0 Å². The summed E-state index contributed by atoms with van der Waals surface area (Å²) >= 11 is 0. The molecule has 30 heavy (non-hydrogen) atoms. The third-order valence-electron chi connectivity index (χ3n) is 4.89. The van der Waals surface area contributed by atoms with E-state index in [1.54, 1.807) is 0 Å². The van der Waals surface area contributed by atoms with Gasteiger partial charge in [-0.25, -0.2) is 0 Å². The van der Waals surface area contributed by atoms with Crippen molar-refractivity contribution in [2.24, 2.45) is 0 Å². The molecule has 4 aromatic carbocycles. The fourth-order valence-corrected chi connectivity index (χ4v) is 3.17. The first-order valence-electron chi connectivity index (χ1n) is 9.99. The zero-order valence-corrected chi connectivity index (χ0v) is 16.6. The Hall–Kier alpha value is -3.56. The van der Waals surface area contributed by atoms with Gasteiger partial charge in [-0.05, 0) is 46.5 Å². The first kappa shape index (κ1) is 19.7. The molecule has 0 unspecified atom stereocenters. The van der Waals surface area contributed by atoms with Crippen molar-refractivity contribution in [1.82, 2.24) is 0 Å². The maximum atomic E-state index is 10.7. The molecule has 1 N–H and O–H groups in total. The van der Waals surface area contributed by atoms with E-state index in [1.807, 2.05) is 109 Å². The Morgan fingerprint density at radius 1 is 0.500 bits per heavy atom. The second-order valence-electron chi connectivity index (χ2n) is 7.09. The van der Waals surface area contributed by atoms with Gasteiger partial charge in [0.05, 0.1) is 0 Å². The van der Waals surface area contributed by atoms with Crippen molar-refractivity contribution >= 4 is 0 Å². The highest BCUT2D eigenvalue weighted by Gasteiger charge is 2.11. The van der Waals surface area contributed by atoms with Crippen molar-refractivity contribution in [2.75, 3.05) is 0 Å². The van der Waals surface area contributed by atoms with E-state index in [4.69, 9.17) is 9.47 Å². The average Bonchev–Trinajstić information content (AvgIpc) is 2.83. The van der Waals surface area contributed by atoms with Crippen LogP contribution in [0, 0.1) is 0 Å². The summed E-state index contributed by atoms with van der Waals surface area (Å²) in [5.41, 5.74) is 3.88.